The van der Waals surface area contributed by atoms with Crippen molar-refractivity contribution in [2.24, 2.45) is 5.73 Å². The van der Waals surface area contributed by atoms with Gasteiger partial charge in [0.2, 0.25) is 5.91 Å². The summed E-state index contributed by atoms with van der Waals surface area (Å²) in [5.41, 5.74) is 7.87. The molecule has 0 fully saturated rings. The van der Waals surface area contributed by atoms with Crippen LogP contribution in [0.1, 0.15) is 51.6 Å². The Morgan fingerprint density at radius 2 is 1.76 bits per heavy atom. The maximum Gasteiger partial charge on any atom is 0.251 e. The second kappa shape index (κ2) is 4.99. The first-order chi connectivity index (χ1) is 7.88. The van der Waals surface area contributed by atoms with Crippen LogP contribution in [0.5, 0.6) is 0 Å². The van der Waals surface area contributed by atoms with E-state index in [4.69, 9.17) is 5.73 Å². The molecule has 4 heteroatoms. The summed E-state index contributed by atoms with van der Waals surface area (Å²) in [6.45, 7) is 5.70. The van der Waals surface area contributed by atoms with Crippen molar-refractivity contribution >= 4 is 11.8 Å². The molecule has 0 spiro atoms. The Bertz CT molecular complexity index is 465. The van der Waals surface area contributed by atoms with E-state index in [9.17, 15) is 9.59 Å². The standard InChI is InChI=1S/C13H18N2O2/c1-7(2)11-9(12(14)16)5-8(3)6-10(11)13(17)15-4/h5-7H,1-4H3,(H2,14,16)(H,15,17). The van der Waals surface area contributed by atoms with Gasteiger partial charge in [-0.25, -0.2) is 0 Å². The molecule has 0 unspecified atom stereocenters. The molecule has 0 radical (unpaired) electrons. The average Bonchev–Trinajstić information content (AvgIpc) is 2.26. The zero-order valence-electron chi connectivity index (χ0n) is 10.6. The van der Waals surface area contributed by atoms with E-state index >= 15 is 0 Å². The largest absolute Gasteiger partial charge is 0.366 e. The van der Waals surface area contributed by atoms with Crippen LogP contribution in [0.2, 0.25) is 0 Å². The number of nitrogens with two attached hydrogens (primary N) is 1. The third kappa shape index (κ3) is 2.64. The molecule has 0 heterocycles. The Labute approximate surface area is 101 Å². The van der Waals surface area contributed by atoms with Crippen molar-refractivity contribution in [3.05, 3.63) is 34.4 Å². The van der Waals surface area contributed by atoms with Gasteiger partial charge < -0.3 is 11.1 Å². The molecular weight excluding hydrogens is 216 g/mol. The Hall–Kier alpha value is -1.84. The monoisotopic (exact) mass is 234 g/mol. The summed E-state index contributed by atoms with van der Waals surface area (Å²) in [6.07, 6.45) is 0. The Morgan fingerprint density at radius 1 is 1.24 bits per heavy atom. The molecule has 3 N–H and O–H groups in total. The molecule has 1 aromatic carbocycles. The maximum absolute atomic E-state index is 11.8. The average molecular weight is 234 g/mol. The van der Waals surface area contributed by atoms with Crippen molar-refractivity contribution in [3.63, 3.8) is 0 Å². The summed E-state index contributed by atoms with van der Waals surface area (Å²) in [7, 11) is 1.57. The molecule has 1 rings (SSSR count). The Morgan fingerprint density at radius 3 is 2.18 bits per heavy atom. The van der Waals surface area contributed by atoms with Crippen molar-refractivity contribution in [1.82, 2.24) is 5.32 Å². The summed E-state index contributed by atoms with van der Waals surface area (Å²) in [6, 6.07) is 3.50. The van der Waals surface area contributed by atoms with Crippen LogP contribution in [0.25, 0.3) is 0 Å². The van der Waals surface area contributed by atoms with E-state index in [0.29, 0.717) is 16.7 Å². The normalized spacial score (nSPS) is 10.4. The van der Waals surface area contributed by atoms with Crippen LogP contribution in [0.15, 0.2) is 12.1 Å². The molecule has 2 amide bonds. The Kier molecular flexibility index (Phi) is 3.89. The number of primary amides is 1. The number of nitrogens with one attached hydrogen (secondary N) is 1. The summed E-state index contributed by atoms with van der Waals surface area (Å²) in [5, 5.41) is 2.58. The number of benzene rings is 1. The first-order valence-electron chi connectivity index (χ1n) is 5.54. The molecule has 0 saturated heterocycles. The van der Waals surface area contributed by atoms with Gasteiger partial charge in [0, 0.05) is 18.2 Å². The van der Waals surface area contributed by atoms with Crippen molar-refractivity contribution in [2.75, 3.05) is 7.05 Å². The van der Waals surface area contributed by atoms with Gasteiger partial charge in [0.05, 0.1) is 0 Å². The summed E-state index contributed by atoms with van der Waals surface area (Å²) in [5.74, 6) is -0.632. The van der Waals surface area contributed by atoms with E-state index in [1.807, 2.05) is 20.8 Å². The van der Waals surface area contributed by atoms with Gasteiger partial charge in [-0.05, 0) is 36.1 Å². The first kappa shape index (κ1) is 13.2. The number of amides is 2. The zero-order valence-corrected chi connectivity index (χ0v) is 10.6. The Balaban J connectivity index is 3.57. The van der Waals surface area contributed by atoms with Gasteiger partial charge in [-0.2, -0.15) is 0 Å². The van der Waals surface area contributed by atoms with Crippen LogP contribution in [0.3, 0.4) is 0 Å². The van der Waals surface area contributed by atoms with Gasteiger partial charge in [0.1, 0.15) is 0 Å². The highest BCUT2D eigenvalue weighted by atomic mass is 16.2. The molecule has 4 nitrogen and oxygen atoms in total. The van der Waals surface area contributed by atoms with Crippen molar-refractivity contribution in [2.45, 2.75) is 26.7 Å². The highest BCUT2D eigenvalue weighted by molar-refractivity contribution is 6.02. The molecule has 0 saturated carbocycles. The van der Waals surface area contributed by atoms with E-state index in [1.54, 1.807) is 19.2 Å². The lowest BCUT2D eigenvalue weighted by atomic mass is 9.89. The lowest BCUT2D eigenvalue weighted by Crippen LogP contribution is -2.23. The lowest BCUT2D eigenvalue weighted by molar-refractivity contribution is 0.0961. The minimum Gasteiger partial charge on any atom is -0.366 e. The van der Waals surface area contributed by atoms with Crippen LogP contribution in [0.4, 0.5) is 0 Å². The number of carbonyl (C=O) groups excluding carboxylic acids is 2. The van der Waals surface area contributed by atoms with Crippen LogP contribution in [-0.2, 0) is 0 Å². The molecule has 0 aliphatic rings. The van der Waals surface area contributed by atoms with E-state index < -0.39 is 5.91 Å². The third-order valence-electron chi connectivity index (χ3n) is 2.64. The maximum atomic E-state index is 11.8. The highest BCUT2D eigenvalue weighted by Gasteiger charge is 2.20. The molecular formula is C13H18N2O2. The summed E-state index contributed by atoms with van der Waals surface area (Å²) < 4.78 is 0. The van der Waals surface area contributed by atoms with Gasteiger partial charge in [-0.15, -0.1) is 0 Å². The molecule has 1 aromatic rings. The topological polar surface area (TPSA) is 72.2 Å². The quantitative estimate of drug-likeness (QED) is 0.833. The van der Waals surface area contributed by atoms with Crippen LogP contribution in [0, 0.1) is 6.92 Å². The molecule has 0 aliphatic carbocycles. The first-order valence-corrected chi connectivity index (χ1v) is 5.54. The molecule has 17 heavy (non-hydrogen) atoms. The van der Waals surface area contributed by atoms with Crippen molar-refractivity contribution < 1.29 is 9.59 Å². The highest BCUT2D eigenvalue weighted by Crippen LogP contribution is 2.25. The molecule has 0 atom stereocenters. The SMILES string of the molecule is CNC(=O)c1cc(C)cc(C(N)=O)c1C(C)C. The summed E-state index contributed by atoms with van der Waals surface area (Å²) >= 11 is 0. The molecule has 92 valence electrons. The predicted octanol–water partition coefficient (Wildman–Crippen LogP) is 1.58. The van der Waals surface area contributed by atoms with Crippen LogP contribution < -0.4 is 11.1 Å². The number of rotatable bonds is 3. The lowest BCUT2D eigenvalue weighted by Gasteiger charge is -2.16. The minimum atomic E-state index is -0.498. The molecule has 0 aliphatic heterocycles. The van der Waals surface area contributed by atoms with Gasteiger partial charge in [0.15, 0.2) is 0 Å². The van der Waals surface area contributed by atoms with E-state index in [-0.39, 0.29) is 11.8 Å². The second-order valence-electron chi connectivity index (χ2n) is 4.37. The van der Waals surface area contributed by atoms with Gasteiger partial charge in [-0.3, -0.25) is 9.59 Å². The van der Waals surface area contributed by atoms with Gasteiger partial charge >= 0.3 is 0 Å². The minimum absolute atomic E-state index is 0.0606. The number of aryl methyl sites for hydroxylation is 1. The van der Waals surface area contributed by atoms with E-state index in [1.165, 1.54) is 0 Å². The third-order valence-corrected chi connectivity index (χ3v) is 2.64. The van der Waals surface area contributed by atoms with Gasteiger partial charge in [0.25, 0.3) is 5.91 Å². The zero-order chi connectivity index (χ0) is 13.2. The van der Waals surface area contributed by atoms with Crippen molar-refractivity contribution in [3.8, 4) is 0 Å². The van der Waals surface area contributed by atoms with Gasteiger partial charge in [-0.1, -0.05) is 13.8 Å². The predicted molar refractivity (Wildman–Crippen MR) is 67.2 cm³/mol. The number of hydrogen-bond acceptors (Lipinski definition) is 2. The molecule has 0 bridgehead atoms. The smallest absolute Gasteiger partial charge is 0.251 e. The van der Waals surface area contributed by atoms with E-state index in [0.717, 1.165) is 5.56 Å². The number of carbonyl (C=O) groups is 2. The number of hydrogen-bond donors (Lipinski definition) is 2. The van der Waals surface area contributed by atoms with Crippen LogP contribution in [-0.4, -0.2) is 18.9 Å². The summed E-state index contributed by atoms with van der Waals surface area (Å²) in [4.78, 5) is 23.2. The fourth-order valence-electron chi connectivity index (χ4n) is 1.95. The van der Waals surface area contributed by atoms with Crippen LogP contribution >= 0.6 is 0 Å². The molecule has 0 aromatic heterocycles. The second-order valence-corrected chi connectivity index (χ2v) is 4.37. The van der Waals surface area contributed by atoms with E-state index in [2.05, 4.69) is 5.32 Å². The van der Waals surface area contributed by atoms with Crippen molar-refractivity contribution in [1.29, 1.82) is 0 Å². The fourth-order valence-corrected chi connectivity index (χ4v) is 1.95. The fraction of sp³-hybridized carbons (Fsp3) is 0.385.